The molecule has 0 atom stereocenters. The topological polar surface area (TPSA) is 112 Å². The van der Waals surface area contributed by atoms with Crippen LogP contribution in [0, 0.1) is 5.82 Å². The van der Waals surface area contributed by atoms with E-state index in [0.29, 0.717) is 23.5 Å². The van der Waals surface area contributed by atoms with Gasteiger partial charge in [0.25, 0.3) is 0 Å². The lowest BCUT2D eigenvalue weighted by Crippen LogP contribution is -2.28. The number of phenols is 1. The highest BCUT2D eigenvalue weighted by molar-refractivity contribution is 7.89. The van der Waals surface area contributed by atoms with Gasteiger partial charge < -0.3 is 10.4 Å². The molecule has 0 aliphatic rings. The van der Waals surface area contributed by atoms with Crippen molar-refractivity contribution in [2.75, 3.05) is 18.9 Å². The molecule has 3 rings (SSSR count). The average Bonchev–Trinajstić information content (AvgIpc) is 2.74. The first-order valence-corrected chi connectivity index (χ1v) is 10.8. The van der Waals surface area contributed by atoms with Crippen LogP contribution in [0.5, 0.6) is 5.75 Å². The number of halogens is 1. The second-order valence-corrected chi connectivity index (χ2v) is 8.82. The molecular weight excluding hydrogens is 423 g/mol. The Morgan fingerprint density at radius 3 is 2.45 bits per heavy atom. The van der Waals surface area contributed by atoms with Crippen LogP contribution in [0.1, 0.15) is 12.8 Å². The zero-order valence-corrected chi connectivity index (χ0v) is 17.5. The molecule has 10 heteroatoms. The van der Waals surface area contributed by atoms with E-state index < -0.39 is 15.8 Å². The Hall–Kier alpha value is -3.37. The maximum atomic E-state index is 13.0. The van der Waals surface area contributed by atoms with Crippen molar-refractivity contribution in [3.05, 3.63) is 66.7 Å². The highest BCUT2D eigenvalue weighted by Gasteiger charge is 2.20. The number of aromatic nitrogens is 2. The van der Waals surface area contributed by atoms with E-state index in [1.807, 2.05) is 0 Å². The molecule has 1 heterocycles. The molecule has 1 amide bonds. The van der Waals surface area contributed by atoms with E-state index in [-0.39, 0.29) is 29.5 Å². The zero-order valence-electron chi connectivity index (χ0n) is 16.7. The van der Waals surface area contributed by atoms with E-state index in [1.165, 1.54) is 37.6 Å². The fraction of sp³-hybridized carbons (Fsp3) is 0.190. The molecule has 0 aliphatic heterocycles. The lowest BCUT2D eigenvalue weighted by atomic mass is 10.2. The minimum Gasteiger partial charge on any atom is -0.508 e. The van der Waals surface area contributed by atoms with E-state index in [4.69, 9.17) is 0 Å². The summed E-state index contributed by atoms with van der Waals surface area (Å²) in [5, 5.41) is 12.2. The summed E-state index contributed by atoms with van der Waals surface area (Å²) >= 11 is 0. The van der Waals surface area contributed by atoms with Crippen LogP contribution in [-0.4, -0.2) is 47.3 Å². The van der Waals surface area contributed by atoms with Gasteiger partial charge in [0.15, 0.2) is 5.82 Å². The Morgan fingerprint density at radius 2 is 1.81 bits per heavy atom. The molecule has 31 heavy (non-hydrogen) atoms. The third-order valence-electron chi connectivity index (χ3n) is 4.44. The molecule has 1 aromatic heterocycles. The minimum absolute atomic E-state index is 0.00942. The molecule has 3 aromatic rings. The first-order chi connectivity index (χ1) is 14.8. The molecule has 0 saturated carbocycles. The number of nitrogens with one attached hydrogen (secondary N) is 1. The number of sulfonamides is 1. The van der Waals surface area contributed by atoms with Crippen molar-refractivity contribution in [1.29, 1.82) is 0 Å². The van der Waals surface area contributed by atoms with Gasteiger partial charge in [0.05, 0.1) is 23.0 Å². The van der Waals surface area contributed by atoms with Gasteiger partial charge in [-0.2, -0.15) is 0 Å². The summed E-state index contributed by atoms with van der Waals surface area (Å²) in [6, 6.07) is 11.1. The Labute approximate surface area is 179 Å². The number of phenolic OH excluding ortho intramolecular Hbond substituents is 1. The summed E-state index contributed by atoms with van der Waals surface area (Å²) in [4.78, 5) is 20.5. The summed E-state index contributed by atoms with van der Waals surface area (Å²) in [5.74, 6) is -0.315. The van der Waals surface area contributed by atoms with Crippen molar-refractivity contribution >= 4 is 21.6 Å². The van der Waals surface area contributed by atoms with Crippen LogP contribution < -0.4 is 5.32 Å². The molecule has 0 fully saturated rings. The summed E-state index contributed by atoms with van der Waals surface area (Å²) in [7, 11) is -2.34. The Bertz CT molecular complexity index is 1150. The zero-order chi connectivity index (χ0) is 22.4. The van der Waals surface area contributed by atoms with E-state index in [9.17, 15) is 22.7 Å². The molecule has 0 radical (unpaired) electrons. The van der Waals surface area contributed by atoms with Gasteiger partial charge in [-0.3, -0.25) is 4.79 Å². The van der Waals surface area contributed by atoms with Crippen molar-refractivity contribution in [3.63, 3.8) is 0 Å². The SMILES string of the molecule is CN(CCCC(=O)Nc1cnc(-c2cccc(O)c2)nc1)S(=O)(=O)c1ccc(F)cc1. The van der Waals surface area contributed by atoms with Gasteiger partial charge in [-0.15, -0.1) is 0 Å². The third kappa shape index (κ3) is 5.83. The van der Waals surface area contributed by atoms with Gasteiger partial charge >= 0.3 is 0 Å². The van der Waals surface area contributed by atoms with E-state index in [2.05, 4.69) is 15.3 Å². The van der Waals surface area contributed by atoms with Crippen LogP contribution in [0.25, 0.3) is 11.4 Å². The monoisotopic (exact) mass is 444 g/mol. The summed E-state index contributed by atoms with van der Waals surface area (Å²) < 4.78 is 39.0. The molecule has 162 valence electrons. The smallest absolute Gasteiger partial charge is 0.242 e. The molecule has 0 saturated heterocycles. The van der Waals surface area contributed by atoms with Crippen LogP contribution in [0.2, 0.25) is 0 Å². The minimum atomic E-state index is -3.75. The summed E-state index contributed by atoms with van der Waals surface area (Å²) in [5.41, 5.74) is 1.05. The van der Waals surface area contributed by atoms with Crippen molar-refractivity contribution < 1.29 is 22.7 Å². The number of anilines is 1. The first-order valence-electron chi connectivity index (χ1n) is 9.39. The number of carbonyl (C=O) groups excluding carboxylic acids is 1. The summed E-state index contributed by atoms with van der Waals surface area (Å²) in [6.07, 6.45) is 3.30. The van der Waals surface area contributed by atoms with Gasteiger partial charge in [-0.25, -0.2) is 27.1 Å². The van der Waals surface area contributed by atoms with Crippen molar-refractivity contribution in [2.45, 2.75) is 17.7 Å². The second kappa shape index (κ2) is 9.63. The molecule has 2 aromatic carbocycles. The number of rotatable bonds is 8. The van der Waals surface area contributed by atoms with Gasteiger partial charge in [0.1, 0.15) is 11.6 Å². The van der Waals surface area contributed by atoms with Gasteiger partial charge in [0, 0.05) is 25.6 Å². The number of aromatic hydroxyl groups is 1. The maximum Gasteiger partial charge on any atom is 0.242 e. The number of amides is 1. The van der Waals surface area contributed by atoms with Gasteiger partial charge in [0.2, 0.25) is 15.9 Å². The van der Waals surface area contributed by atoms with Gasteiger partial charge in [-0.1, -0.05) is 12.1 Å². The van der Waals surface area contributed by atoms with E-state index >= 15 is 0 Å². The van der Waals surface area contributed by atoms with Gasteiger partial charge in [-0.05, 0) is 42.8 Å². The highest BCUT2D eigenvalue weighted by Crippen LogP contribution is 2.20. The number of hydrogen-bond donors (Lipinski definition) is 2. The van der Waals surface area contributed by atoms with Crippen LogP contribution in [-0.2, 0) is 14.8 Å². The van der Waals surface area contributed by atoms with Crippen molar-refractivity contribution in [3.8, 4) is 17.1 Å². The average molecular weight is 444 g/mol. The molecular formula is C21H21FN4O4S. The fourth-order valence-corrected chi connectivity index (χ4v) is 3.99. The predicted molar refractivity (Wildman–Crippen MR) is 113 cm³/mol. The largest absolute Gasteiger partial charge is 0.508 e. The van der Waals surface area contributed by atoms with Crippen molar-refractivity contribution in [1.82, 2.24) is 14.3 Å². The first kappa shape index (κ1) is 22.3. The maximum absolute atomic E-state index is 13.0. The fourth-order valence-electron chi connectivity index (χ4n) is 2.78. The van der Waals surface area contributed by atoms with E-state index in [0.717, 1.165) is 16.4 Å². The second-order valence-electron chi connectivity index (χ2n) is 6.78. The number of hydrogen-bond acceptors (Lipinski definition) is 6. The number of nitrogens with zero attached hydrogens (tertiary/aromatic N) is 3. The Morgan fingerprint density at radius 1 is 1.13 bits per heavy atom. The highest BCUT2D eigenvalue weighted by atomic mass is 32.2. The van der Waals surface area contributed by atoms with E-state index in [1.54, 1.807) is 18.2 Å². The summed E-state index contributed by atoms with van der Waals surface area (Å²) in [6.45, 7) is 0.125. The molecule has 0 spiro atoms. The standard InChI is InChI=1S/C21H21FN4O4S/c1-26(31(29,30)19-9-7-16(22)8-10-19)11-3-6-20(28)25-17-13-23-21(24-14-17)15-4-2-5-18(27)12-15/h2,4-5,7-10,12-14,27H,3,6,11H2,1H3,(H,25,28). The van der Waals surface area contributed by atoms with Crippen molar-refractivity contribution in [2.24, 2.45) is 0 Å². The quantitative estimate of drug-likeness (QED) is 0.552. The molecule has 0 unspecified atom stereocenters. The van der Waals surface area contributed by atoms with Crippen LogP contribution in [0.3, 0.4) is 0 Å². The molecule has 2 N–H and O–H groups in total. The van der Waals surface area contributed by atoms with Crippen LogP contribution >= 0.6 is 0 Å². The van der Waals surface area contributed by atoms with Crippen LogP contribution in [0.4, 0.5) is 10.1 Å². The van der Waals surface area contributed by atoms with Crippen LogP contribution in [0.15, 0.2) is 65.8 Å². The molecule has 0 aliphatic carbocycles. The number of benzene rings is 2. The normalized spacial score (nSPS) is 11.5. The lowest BCUT2D eigenvalue weighted by molar-refractivity contribution is -0.116. The number of carbonyl (C=O) groups is 1. The lowest BCUT2D eigenvalue weighted by Gasteiger charge is -2.17. The third-order valence-corrected chi connectivity index (χ3v) is 6.31. The Balaban J connectivity index is 1.50. The molecule has 0 bridgehead atoms. The Kier molecular flexibility index (Phi) is 6.93. The molecule has 8 nitrogen and oxygen atoms in total. The predicted octanol–water partition coefficient (Wildman–Crippen LogP) is 3.03.